The second-order valence-corrected chi connectivity index (χ2v) is 34.0. The van der Waals surface area contributed by atoms with Crippen molar-refractivity contribution in [3.05, 3.63) is 174 Å². The van der Waals surface area contributed by atoms with E-state index in [4.69, 9.17) is 16.9 Å². The van der Waals surface area contributed by atoms with Crippen LogP contribution >= 0.6 is 11.8 Å². The number of aromatic nitrogens is 2. The molecule has 0 aliphatic carbocycles. The van der Waals surface area contributed by atoms with Gasteiger partial charge in [0.1, 0.15) is 84.3 Å². The maximum atomic E-state index is 15.3. The fourth-order valence-electron chi connectivity index (χ4n) is 14.3. The molecule has 13 atom stereocenters. The summed E-state index contributed by atoms with van der Waals surface area (Å²) in [6, 6.07) is 14.7. The number of anilines is 1. The molecule has 0 unspecified atom stereocenters. The van der Waals surface area contributed by atoms with E-state index in [1.54, 1.807) is 56.3 Å². The fourth-order valence-corrected chi connectivity index (χ4v) is 15.1. The summed E-state index contributed by atoms with van der Waals surface area (Å²) in [6.45, 7) is 9.54. The second-order valence-electron chi connectivity index (χ2n) is 32.9. The van der Waals surface area contributed by atoms with Gasteiger partial charge in [0.2, 0.25) is 82.7 Å². The lowest BCUT2D eigenvalue weighted by Crippen LogP contribution is -2.62. The molecule has 5 aromatic carbocycles. The number of phenols is 1. The third-order valence-electron chi connectivity index (χ3n) is 21.3. The van der Waals surface area contributed by atoms with Crippen molar-refractivity contribution in [2.45, 2.75) is 229 Å². The van der Waals surface area contributed by atoms with Gasteiger partial charge in [-0.2, -0.15) is 0 Å². The van der Waals surface area contributed by atoms with Gasteiger partial charge in [-0.1, -0.05) is 169 Å². The number of nitrogens with two attached hydrogens (primary N) is 2. The Bertz CT molecular complexity index is 4970. The van der Waals surface area contributed by atoms with Crippen LogP contribution in [0.3, 0.4) is 0 Å². The van der Waals surface area contributed by atoms with E-state index in [2.05, 4.69) is 84.4 Å². The molecule has 24 N–H and O–H groups in total. The van der Waals surface area contributed by atoms with Gasteiger partial charge in [-0.3, -0.25) is 86.9 Å². The molecule has 0 radical (unpaired) electrons. The minimum atomic E-state index is -2.15. The van der Waals surface area contributed by atoms with Crippen molar-refractivity contribution < 1.29 is 102 Å². The summed E-state index contributed by atoms with van der Waals surface area (Å²) in [5.41, 5.74) is 15.5. The summed E-state index contributed by atoms with van der Waals surface area (Å²) >= 11 is 0.725. The van der Waals surface area contributed by atoms with Crippen molar-refractivity contribution in [3.8, 4) is 16.9 Å². The molecule has 2 heterocycles. The van der Waals surface area contributed by atoms with Crippen LogP contribution in [0.5, 0.6) is 5.75 Å². The lowest BCUT2D eigenvalue weighted by Gasteiger charge is -2.30. The molecule has 0 bridgehead atoms. The third kappa shape index (κ3) is 36.0. The first-order chi connectivity index (χ1) is 62.8. The van der Waals surface area contributed by atoms with E-state index in [0.717, 1.165) is 28.5 Å². The van der Waals surface area contributed by atoms with Gasteiger partial charge in [0, 0.05) is 49.7 Å². The number of rotatable bonds is 30. The average Bonchev–Trinajstić information content (AvgIpc) is 1.13. The second kappa shape index (κ2) is 53.0. The number of nitrogens with zero attached hydrogens (tertiary/aromatic N) is 1. The summed E-state index contributed by atoms with van der Waals surface area (Å²) in [7, 11) is 0. The van der Waals surface area contributed by atoms with Gasteiger partial charge < -0.3 is 111 Å². The SMILES string of the molecule is CCCCC[C@@H]1NC(=O)[C@H](Cc2cccc(NC(=N)N)c2)NC(=O)[C@H](C)NC(=O)CSC[C@@H](C(N)=O)NC(=O)[C@H](CC(=O)O)NC(=O)[C@H](CCCCc2ccccc2)NC(=O)[C@H](Cc2ccc(-c3ccccc3)cc2)NC(=O)[C@H](CC(C)C)NC(=O)[C@H](C(C)C)NC(=O)[C@H](CCC(=O)O)NC(=O)[C@H](CC(=O)O)NC(=O)[C@H](Cc2c[nH]cn2)NC(=O)[C@H](Cc2ccc(O)cc2)NC1=O. The molecule has 0 saturated carbocycles. The normalized spacial score (nSPS) is 22.3. The molecule has 710 valence electrons. The highest BCUT2D eigenvalue weighted by Crippen LogP contribution is 2.23. The molecule has 1 aromatic heterocycles. The van der Waals surface area contributed by atoms with Gasteiger partial charge in [-0.25, -0.2) is 4.98 Å². The van der Waals surface area contributed by atoms with Crippen molar-refractivity contribution in [1.29, 1.82) is 5.41 Å². The number of carbonyl (C=O) groups is 17. The molecule has 0 spiro atoms. The number of carbonyl (C=O) groups excluding carboxylic acids is 14. The maximum Gasteiger partial charge on any atom is 0.305 e. The van der Waals surface area contributed by atoms with Gasteiger partial charge >= 0.3 is 17.9 Å². The molecular formula is C91H119N19O21S. The van der Waals surface area contributed by atoms with Crippen LogP contribution in [0.1, 0.15) is 147 Å². The third-order valence-corrected chi connectivity index (χ3v) is 22.3. The summed E-state index contributed by atoms with van der Waals surface area (Å²) in [4.78, 5) is 250. The Labute approximate surface area is 766 Å². The van der Waals surface area contributed by atoms with E-state index >= 15 is 24.0 Å². The first kappa shape index (κ1) is 105. The number of aromatic amines is 1. The minimum Gasteiger partial charge on any atom is -0.508 e. The van der Waals surface area contributed by atoms with Gasteiger partial charge in [-0.15, -0.1) is 11.8 Å². The first-order valence-electron chi connectivity index (χ1n) is 43.4. The van der Waals surface area contributed by atoms with Crippen LogP contribution in [0.4, 0.5) is 5.69 Å². The molecule has 1 fully saturated rings. The number of amides is 14. The van der Waals surface area contributed by atoms with Crippen molar-refractivity contribution >= 4 is 124 Å². The van der Waals surface area contributed by atoms with E-state index < -0.39 is 247 Å². The monoisotopic (exact) mass is 1850 g/mol. The number of imidazole rings is 1. The molecule has 6 aromatic rings. The number of carboxylic acids is 3. The number of hydrogen-bond acceptors (Lipinski definition) is 21. The van der Waals surface area contributed by atoms with Gasteiger partial charge in [0.15, 0.2) is 5.96 Å². The van der Waals surface area contributed by atoms with Gasteiger partial charge in [-0.05, 0) is 115 Å². The zero-order valence-electron chi connectivity index (χ0n) is 74.2. The largest absolute Gasteiger partial charge is 0.508 e. The molecular weight excluding hydrogens is 1730 g/mol. The van der Waals surface area contributed by atoms with Crippen LogP contribution in [0.15, 0.2) is 146 Å². The number of nitrogens with one attached hydrogen (secondary N) is 16. The Kier molecular flexibility index (Phi) is 42.1. The summed E-state index contributed by atoms with van der Waals surface area (Å²) in [6.07, 6.45) is -0.737. The predicted octanol–water partition coefficient (Wildman–Crippen LogP) is 1.42. The van der Waals surface area contributed by atoms with Crippen molar-refractivity contribution in [3.63, 3.8) is 0 Å². The molecule has 14 amide bonds. The lowest BCUT2D eigenvalue weighted by molar-refractivity contribution is -0.142. The summed E-state index contributed by atoms with van der Waals surface area (Å²) in [5.74, 6) is -23.0. The number of thioether (sulfide) groups is 1. The molecule has 7 rings (SSSR count). The lowest BCUT2D eigenvalue weighted by atomic mass is 9.97. The highest BCUT2D eigenvalue weighted by Gasteiger charge is 2.40. The zero-order valence-corrected chi connectivity index (χ0v) is 75.0. The number of carboxylic acid groups (broad SMARTS) is 3. The van der Waals surface area contributed by atoms with E-state index in [-0.39, 0.29) is 56.4 Å². The van der Waals surface area contributed by atoms with Crippen molar-refractivity contribution in [2.24, 2.45) is 23.3 Å². The zero-order chi connectivity index (χ0) is 96.7. The first-order valence-corrected chi connectivity index (χ1v) is 44.6. The molecule has 132 heavy (non-hydrogen) atoms. The summed E-state index contributed by atoms with van der Waals surface area (Å²) in [5, 5.41) is 84.5. The van der Waals surface area contributed by atoms with Crippen LogP contribution in [0.25, 0.3) is 11.1 Å². The van der Waals surface area contributed by atoms with E-state index in [1.807, 2.05) is 67.6 Å². The number of aliphatic carboxylic acids is 3. The Hall–Kier alpha value is -14.3. The topological polar surface area (TPSA) is 644 Å². The molecule has 40 nitrogen and oxygen atoms in total. The van der Waals surface area contributed by atoms with Crippen LogP contribution in [0.2, 0.25) is 0 Å². The van der Waals surface area contributed by atoms with Crippen molar-refractivity contribution in [1.82, 2.24) is 79.1 Å². The number of primary amides is 1. The predicted molar refractivity (Wildman–Crippen MR) is 486 cm³/mol. The maximum absolute atomic E-state index is 15.3. The number of unbranched alkanes of at least 4 members (excludes halogenated alkanes) is 3. The van der Waals surface area contributed by atoms with Crippen LogP contribution in [-0.4, -0.2) is 227 Å². The number of H-pyrrole nitrogens is 1. The van der Waals surface area contributed by atoms with Crippen molar-refractivity contribution in [2.75, 3.05) is 16.8 Å². The van der Waals surface area contributed by atoms with Crippen LogP contribution in [-0.2, 0) is 114 Å². The minimum absolute atomic E-state index is 0.101. The highest BCUT2D eigenvalue weighted by molar-refractivity contribution is 8.00. The van der Waals surface area contributed by atoms with E-state index in [0.29, 0.717) is 48.1 Å². The fraction of sp³-hybridized carbons (Fsp3) is 0.440. The molecule has 1 saturated heterocycles. The molecule has 1 aliphatic heterocycles. The van der Waals surface area contributed by atoms with E-state index in [9.17, 15) is 78.0 Å². The summed E-state index contributed by atoms with van der Waals surface area (Å²) < 4.78 is 0. The number of aryl methyl sites for hydroxylation is 1. The smallest absolute Gasteiger partial charge is 0.305 e. The average molecular weight is 1850 g/mol. The standard InChI is InChI=1S/C91H119N19O21S/c1-7-8-11-26-62-80(121)103-67(41-55-30-34-61(111)35-31-55)86(127)105-69(43-60-46-95-49-96-60)87(128)107-70(44-75(115)116)88(129)101-64(36-37-74(113)114)82(123)110-77(51(4)5)90(131)108-65(38-50(2)3)83(124)104-66(40-54-28-32-58(33-29-54)57-23-14-10-15-24-57)84(125)100-63(27-17-16-21-53-19-12-9-13-20-53)81(122)106-71(45-76(117)118)89(130)109-72(78(92)119)47-132-48-73(112)97-52(6)79(120)102-68(85(126)99-62)42-56-22-18-25-59(39-56)98-91(93)94/h9-10,12-15,18-20,22-25,28-35,39,46,49-52,62-72,77,111H,7-8,11,16-17,21,26-27,36-38,40-45,47-48H2,1-6H3,(H2,92,119)(H,95,96)(H,97,112)(H,99,126)(H,100,125)(H,101,129)(H,102,120)(H,103,121)(H,104,124)(H,105,127)(H,106,122)(H,107,128)(H,108,131)(H,109,130)(H,110,123)(H,113,114)(H,115,116)(H,117,118)(H4,93,94,98)/t52-,62-,63-,64-,65-,66-,67-,68-,69-,70-,71-,72-,77-/m0/s1. The number of benzene rings is 5. The molecule has 41 heteroatoms. The number of aromatic hydroxyl groups is 1. The Morgan fingerprint density at radius 2 is 0.902 bits per heavy atom. The Morgan fingerprint density at radius 1 is 0.462 bits per heavy atom. The van der Waals surface area contributed by atoms with Gasteiger partial charge in [0.25, 0.3) is 0 Å². The van der Waals surface area contributed by atoms with E-state index in [1.165, 1.54) is 63.6 Å². The Morgan fingerprint density at radius 3 is 1.40 bits per heavy atom. The van der Waals surface area contributed by atoms with Crippen LogP contribution in [0, 0.1) is 17.2 Å². The van der Waals surface area contributed by atoms with Gasteiger partial charge in [0.05, 0.1) is 30.6 Å². The Balaban J connectivity index is 1.31. The number of phenolic OH excluding ortho intramolecular Hbond substituents is 1. The van der Waals surface area contributed by atoms with Crippen LogP contribution < -0.4 is 85.9 Å². The number of hydrogen-bond donors (Lipinski definition) is 22. The quantitative estimate of drug-likeness (QED) is 0.0172. The molecule has 1 aliphatic rings. The highest BCUT2D eigenvalue weighted by atomic mass is 32.2. The number of guanidine groups is 1.